The van der Waals surface area contributed by atoms with Gasteiger partial charge in [0.1, 0.15) is 6.17 Å². The number of aliphatic imine (C=N–C) groups is 1. The third-order valence-electron chi connectivity index (χ3n) is 10.6. The van der Waals surface area contributed by atoms with E-state index >= 15 is 0 Å². The first kappa shape index (κ1) is 30.1. The Labute approximate surface area is 303 Å². The molecule has 52 heavy (non-hydrogen) atoms. The van der Waals surface area contributed by atoms with Crippen molar-refractivity contribution in [1.29, 1.82) is 0 Å². The van der Waals surface area contributed by atoms with Crippen molar-refractivity contribution in [2.75, 3.05) is 7.05 Å². The summed E-state index contributed by atoms with van der Waals surface area (Å²) in [6.07, 6.45) is 2.09. The molecule has 2 heterocycles. The van der Waals surface area contributed by atoms with Gasteiger partial charge in [-0.2, -0.15) is 0 Å². The van der Waals surface area contributed by atoms with E-state index in [2.05, 4.69) is 205 Å². The largest absolute Gasteiger partial charge is 0.349 e. The number of rotatable bonds is 5. The second kappa shape index (κ2) is 12.3. The molecule has 10 rings (SSSR count). The summed E-state index contributed by atoms with van der Waals surface area (Å²) >= 11 is 0. The maximum Gasteiger partial charge on any atom is 0.147 e. The van der Waals surface area contributed by atoms with Gasteiger partial charge in [-0.25, -0.2) is 0 Å². The average Bonchev–Trinajstić information content (AvgIpc) is 3.57. The van der Waals surface area contributed by atoms with Crippen molar-refractivity contribution >= 4 is 54.8 Å². The highest BCUT2D eigenvalue weighted by Crippen LogP contribution is 2.41. The van der Waals surface area contributed by atoms with Crippen LogP contribution in [-0.2, 0) is 0 Å². The first-order chi connectivity index (χ1) is 25.7. The second-order valence-corrected chi connectivity index (χ2v) is 13.6. The van der Waals surface area contributed by atoms with E-state index in [9.17, 15) is 0 Å². The summed E-state index contributed by atoms with van der Waals surface area (Å²) in [6, 6.07) is 65.5. The first-order valence-electron chi connectivity index (χ1n) is 17.9. The molecule has 9 aromatic rings. The molecule has 0 saturated carbocycles. The topological polar surface area (TPSA) is 20.5 Å². The molecule has 0 fully saturated rings. The molecular weight excluding hydrogens is 631 g/mol. The van der Waals surface area contributed by atoms with E-state index in [4.69, 9.17) is 4.99 Å². The van der Waals surface area contributed by atoms with E-state index in [0.717, 1.165) is 33.8 Å². The van der Waals surface area contributed by atoms with Crippen LogP contribution in [0.4, 0.5) is 0 Å². The number of benzene rings is 8. The van der Waals surface area contributed by atoms with Crippen molar-refractivity contribution in [3.8, 4) is 16.8 Å². The lowest BCUT2D eigenvalue weighted by Crippen LogP contribution is -2.27. The third-order valence-corrected chi connectivity index (χ3v) is 10.6. The molecule has 0 N–H and O–H groups in total. The van der Waals surface area contributed by atoms with Gasteiger partial charge in [0, 0.05) is 29.2 Å². The van der Waals surface area contributed by atoms with Crippen LogP contribution >= 0.6 is 0 Å². The molecule has 1 aliphatic heterocycles. The molecule has 1 unspecified atom stereocenters. The van der Waals surface area contributed by atoms with Crippen LogP contribution < -0.4 is 0 Å². The Bertz CT molecular complexity index is 2730. The molecule has 0 spiro atoms. The summed E-state index contributed by atoms with van der Waals surface area (Å²) < 4.78 is 2.42. The van der Waals surface area contributed by atoms with Crippen LogP contribution in [0.25, 0.3) is 65.9 Å². The van der Waals surface area contributed by atoms with E-state index in [1.807, 2.05) is 0 Å². The van der Waals surface area contributed by atoms with Gasteiger partial charge in [0.2, 0.25) is 0 Å². The Morgan fingerprint density at radius 3 is 1.56 bits per heavy atom. The lowest BCUT2D eigenvalue weighted by atomic mass is 9.98. The lowest BCUT2D eigenvalue weighted by Gasteiger charge is -2.34. The Kier molecular flexibility index (Phi) is 7.10. The molecule has 3 heteroatoms. The van der Waals surface area contributed by atoms with Crippen LogP contribution in [0.3, 0.4) is 0 Å². The Hall–Kier alpha value is -6.71. The highest BCUT2D eigenvalue weighted by atomic mass is 15.2. The number of fused-ring (bicyclic) bond motifs is 7. The summed E-state index contributed by atoms with van der Waals surface area (Å²) in [7, 11) is 2.15. The predicted octanol–water partition coefficient (Wildman–Crippen LogP) is 12.2. The summed E-state index contributed by atoms with van der Waals surface area (Å²) in [5.41, 5.74) is 11.5. The molecule has 8 aromatic carbocycles. The molecule has 246 valence electrons. The van der Waals surface area contributed by atoms with Gasteiger partial charge in [-0.15, -0.1) is 0 Å². The Balaban J connectivity index is 1.10. The summed E-state index contributed by atoms with van der Waals surface area (Å²) in [6.45, 7) is 0. The molecule has 0 bridgehead atoms. The smallest absolute Gasteiger partial charge is 0.147 e. The molecule has 1 aromatic heterocycles. The second-order valence-electron chi connectivity index (χ2n) is 13.6. The maximum absolute atomic E-state index is 5.36. The Morgan fingerprint density at radius 2 is 0.942 bits per heavy atom. The van der Waals surface area contributed by atoms with Crippen molar-refractivity contribution in [3.63, 3.8) is 0 Å². The zero-order valence-electron chi connectivity index (χ0n) is 28.8. The minimum atomic E-state index is -0.149. The van der Waals surface area contributed by atoms with Gasteiger partial charge >= 0.3 is 0 Å². The number of hydrogen-bond acceptors (Lipinski definition) is 2. The minimum absolute atomic E-state index is 0.149. The van der Waals surface area contributed by atoms with Crippen LogP contribution in [0.2, 0.25) is 0 Å². The monoisotopic (exact) mass is 665 g/mol. The number of hydrogen-bond donors (Lipinski definition) is 0. The van der Waals surface area contributed by atoms with Crippen LogP contribution in [-0.4, -0.2) is 22.2 Å². The van der Waals surface area contributed by atoms with E-state index < -0.39 is 0 Å². The average molecular weight is 666 g/mol. The standard InChI is InChI=1S/C49H35N3/c1-51-46(38-22-20-34(21-23-38)33-12-4-2-5-13-33)32-43(50-49(51)39-16-6-3-7-17-39)37-24-28-40(29-25-37)52-44-30-26-35-14-8-10-18-41(35)47(44)48-42-19-11-9-15-36(42)27-31-45(48)52/h2-32,49H,1H3. The number of nitrogens with zero attached hydrogens (tertiary/aromatic N) is 3. The van der Waals surface area contributed by atoms with Gasteiger partial charge in [0.05, 0.1) is 16.7 Å². The van der Waals surface area contributed by atoms with Gasteiger partial charge in [-0.1, -0.05) is 158 Å². The van der Waals surface area contributed by atoms with Crippen LogP contribution in [0, 0.1) is 0 Å². The maximum atomic E-state index is 5.36. The van der Waals surface area contributed by atoms with E-state index in [0.29, 0.717) is 0 Å². The van der Waals surface area contributed by atoms with Gasteiger partial charge in [0.15, 0.2) is 0 Å². The zero-order chi connectivity index (χ0) is 34.6. The molecule has 0 saturated heterocycles. The molecule has 1 atom stereocenters. The minimum Gasteiger partial charge on any atom is -0.349 e. The van der Waals surface area contributed by atoms with E-state index in [1.165, 1.54) is 54.5 Å². The van der Waals surface area contributed by atoms with Crippen molar-refractivity contribution < 1.29 is 0 Å². The zero-order valence-corrected chi connectivity index (χ0v) is 28.8. The highest BCUT2D eigenvalue weighted by molar-refractivity contribution is 6.28. The highest BCUT2D eigenvalue weighted by Gasteiger charge is 2.25. The molecule has 3 nitrogen and oxygen atoms in total. The first-order valence-corrected chi connectivity index (χ1v) is 17.9. The molecule has 1 aliphatic rings. The number of allylic oxidation sites excluding steroid dienone is 1. The van der Waals surface area contributed by atoms with E-state index in [-0.39, 0.29) is 6.17 Å². The summed E-state index contributed by atoms with van der Waals surface area (Å²) in [5.74, 6) is 0. The molecule has 0 radical (unpaired) electrons. The predicted molar refractivity (Wildman–Crippen MR) is 219 cm³/mol. The van der Waals surface area contributed by atoms with Crippen molar-refractivity contribution in [1.82, 2.24) is 9.47 Å². The fourth-order valence-electron chi connectivity index (χ4n) is 8.06. The molecular formula is C49H35N3. The number of aromatic nitrogens is 1. The quantitative estimate of drug-likeness (QED) is 0.179. The van der Waals surface area contributed by atoms with Crippen LogP contribution in [0.15, 0.2) is 193 Å². The van der Waals surface area contributed by atoms with Crippen molar-refractivity contribution in [3.05, 3.63) is 205 Å². The molecule has 0 amide bonds. The Morgan fingerprint density at radius 1 is 0.442 bits per heavy atom. The van der Waals surface area contributed by atoms with Gasteiger partial charge in [-0.3, -0.25) is 4.99 Å². The van der Waals surface area contributed by atoms with Crippen molar-refractivity contribution in [2.24, 2.45) is 4.99 Å². The van der Waals surface area contributed by atoms with Crippen LogP contribution in [0.5, 0.6) is 0 Å². The van der Waals surface area contributed by atoms with Gasteiger partial charge in [-0.05, 0) is 79.7 Å². The normalized spacial score (nSPS) is 14.6. The SMILES string of the molecule is CN1C(c2ccc(-c3ccccc3)cc2)=CC(c2ccc(-n3c4ccc5ccccc5c4c4c5ccccc5ccc43)cc2)=NC1c1ccccc1. The summed E-state index contributed by atoms with van der Waals surface area (Å²) in [5, 5.41) is 7.65. The fourth-order valence-corrected chi connectivity index (χ4v) is 8.06. The molecule has 0 aliphatic carbocycles. The van der Waals surface area contributed by atoms with E-state index in [1.54, 1.807) is 0 Å². The fraction of sp³-hybridized carbons (Fsp3) is 0.0408. The van der Waals surface area contributed by atoms with Crippen LogP contribution in [0.1, 0.15) is 22.9 Å². The summed E-state index contributed by atoms with van der Waals surface area (Å²) in [4.78, 5) is 7.65. The third kappa shape index (κ3) is 4.93. The van der Waals surface area contributed by atoms with Crippen molar-refractivity contribution in [2.45, 2.75) is 6.17 Å². The lowest BCUT2D eigenvalue weighted by molar-refractivity contribution is 0.364. The van der Waals surface area contributed by atoms with Gasteiger partial charge in [0.25, 0.3) is 0 Å². The van der Waals surface area contributed by atoms with Gasteiger partial charge < -0.3 is 9.47 Å².